The third-order valence-corrected chi connectivity index (χ3v) is 9.12. The summed E-state index contributed by atoms with van der Waals surface area (Å²) >= 11 is 0. The molecule has 1 saturated carbocycles. The van der Waals surface area contributed by atoms with Gasteiger partial charge in [0.05, 0.1) is 17.9 Å². The third-order valence-electron chi connectivity index (χ3n) is 9.12. The van der Waals surface area contributed by atoms with Crippen molar-refractivity contribution in [2.24, 2.45) is 11.8 Å². The van der Waals surface area contributed by atoms with Gasteiger partial charge in [-0.25, -0.2) is 0 Å². The number of alkyl halides is 6. The average molecular weight is 572 g/mol. The lowest BCUT2D eigenvalue weighted by molar-refractivity contribution is -0.185. The molecule has 0 aromatic heterocycles. The summed E-state index contributed by atoms with van der Waals surface area (Å²) in [5.41, 5.74) is 0.0361. The zero-order valence-corrected chi connectivity index (χ0v) is 22.2. The predicted octanol–water partition coefficient (Wildman–Crippen LogP) is 8.01. The van der Waals surface area contributed by atoms with Crippen LogP contribution in [0.1, 0.15) is 75.3 Å². The first-order valence-electron chi connectivity index (χ1n) is 14.2. The maximum absolute atomic E-state index is 14.2. The van der Waals surface area contributed by atoms with Crippen molar-refractivity contribution in [3.63, 3.8) is 0 Å². The Morgan fingerprint density at radius 1 is 0.925 bits per heavy atom. The van der Waals surface area contributed by atoms with Crippen LogP contribution in [0.25, 0.3) is 10.8 Å². The van der Waals surface area contributed by atoms with Gasteiger partial charge in [-0.1, -0.05) is 30.7 Å². The highest BCUT2D eigenvalue weighted by Crippen LogP contribution is 2.44. The first-order valence-corrected chi connectivity index (χ1v) is 14.2. The number of hydrogen-bond donors (Lipinski definition) is 1. The van der Waals surface area contributed by atoms with E-state index < -0.39 is 35.9 Å². The second-order valence-corrected chi connectivity index (χ2v) is 11.7. The van der Waals surface area contributed by atoms with Crippen LogP contribution in [0.5, 0.6) is 5.75 Å². The van der Waals surface area contributed by atoms with Gasteiger partial charge in [0.15, 0.2) is 0 Å². The van der Waals surface area contributed by atoms with Gasteiger partial charge in [0.25, 0.3) is 0 Å². The fourth-order valence-corrected chi connectivity index (χ4v) is 7.10. The predicted molar refractivity (Wildman–Crippen MR) is 138 cm³/mol. The van der Waals surface area contributed by atoms with Crippen molar-refractivity contribution < 1.29 is 41.0 Å². The number of halogens is 6. The topological polar surface area (TPSA) is 49.8 Å². The van der Waals surface area contributed by atoms with Crippen molar-refractivity contribution in [1.29, 1.82) is 0 Å². The van der Waals surface area contributed by atoms with Gasteiger partial charge >= 0.3 is 18.3 Å². The van der Waals surface area contributed by atoms with Gasteiger partial charge in [0.2, 0.25) is 0 Å². The molecule has 1 aliphatic carbocycles. The number of carboxylic acids is 1. The fourth-order valence-electron chi connectivity index (χ4n) is 7.10. The van der Waals surface area contributed by atoms with Crippen LogP contribution in [0.15, 0.2) is 30.3 Å². The number of aliphatic carboxylic acids is 1. The monoisotopic (exact) mass is 571 g/mol. The molecule has 0 spiro atoms. The molecule has 1 N–H and O–H groups in total. The Labute approximate surface area is 229 Å². The smallest absolute Gasteiger partial charge is 0.420 e. The number of aryl methyl sites for hydroxylation is 1. The fraction of sp³-hybridized carbons (Fsp3) is 0.633. The van der Waals surface area contributed by atoms with Crippen LogP contribution in [0.2, 0.25) is 0 Å². The summed E-state index contributed by atoms with van der Waals surface area (Å²) < 4.78 is 87.1. The summed E-state index contributed by atoms with van der Waals surface area (Å²) in [5, 5.41) is 9.92. The van der Waals surface area contributed by atoms with Crippen molar-refractivity contribution in [3.8, 4) is 5.75 Å². The first kappa shape index (κ1) is 29.0. The minimum absolute atomic E-state index is 0.0167. The van der Waals surface area contributed by atoms with E-state index in [2.05, 4.69) is 4.90 Å². The molecule has 2 saturated heterocycles. The van der Waals surface area contributed by atoms with E-state index in [1.54, 1.807) is 18.2 Å². The Morgan fingerprint density at radius 2 is 1.60 bits per heavy atom. The lowest BCUT2D eigenvalue weighted by atomic mass is 9.78. The van der Waals surface area contributed by atoms with Gasteiger partial charge in [-0.3, -0.25) is 9.69 Å². The van der Waals surface area contributed by atoms with Crippen LogP contribution < -0.4 is 4.74 Å². The molecule has 0 amide bonds. The molecule has 2 bridgehead atoms. The Kier molecular flexibility index (Phi) is 8.28. The standard InChI is InChI=1S/C30H35F6NO3/c31-29(32,33)21-8-10-24(11-9-21)40-26-13-7-19-15-18(6-12-25(19)27(26)30(34,35)36)3-2-14-37-22-4-1-5-23(37)17-20(16-22)28(38)39/h6-7,12-13,15,20-24H,1-5,8-11,14,16-17H2,(H,38,39)/t20?,21?,22-,23?,24?/m1/s1. The molecule has 220 valence electrons. The minimum atomic E-state index is -4.68. The number of carboxylic acid groups (broad SMARTS) is 1. The van der Waals surface area contributed by atoms with Crippen molar-refractivity contribution in [3.05, 3.63) is 41.5 Å². The van der Waals surface area contributed by atoms with Gasteiger partial charge in [-0.05, 0) is 93.2 Å². The minimum Gasteiger partial charge on any atom is -0.490 e. The molecule has 0 radical (unpaired) electrons. The zero-order valence-electron chi connectivity index (χ0n) is 22.2. The highest BCUT2D eigenvalue weighted by Gasteiger charge is 2.43. The maximum Gasteiger partial charge on any atom is 0.420 e. The largest absolute Gasteiger partial charge is 0.490 e. The van der Waals surface area contributed by atoms with Crippen molar-refractivity contribution in [1.82, 2.24) is 4.90 Å². The molecule has 2 aromatic carbocycles. The number of hydrogen-bond acceptors (Lipinski definition) is 3. The lowest BCUT2D eigenvalue weighted by Gasteiger charge is -2.48. The van der Waals surface area contributed by atoms with Gasteiger partial charge in [0, 0.05) is 12.1 Å². The van der Waals surface area contributed by atoms with E-state index in [1.165, 1.54) is 12.1 Å². The number of rotatable bonds is 7. The quantitative estimate of drug-likeness (QED) is 0.342. The Balaban J connectivity index is 1.25. The number of ether oxygens (including phenoxy) is 1. The van der Waals surface area contributed by atoms with E-state index in [0.717, 1.165) is 37.8 Å². The van der Waals surface area contributed by atoms with Crippen LogP contribution in [0.4, 0.5) is 26.3 Å². The van der Waals surface area contributed by atoms with Gasteiger partial charge < -0.3 is 9.84 Å². The summed E-state index contributed by atoms with van der Waals surface area (Å²) in [6.45, 7) is 0.830. The summed E-state index contributed by atoms with van der Waals surface area (Å²) in [6, 6.07) is 8.37. The molecule has 2 unspecified atom stereocenters. The first-order chi connectivity index (χ1) is 18.9. The normalized spacial score (nSPS) is 28.0. The van der Waals surface area contributed by atoms with Gasteiger partial charge in [0.1, 0.15) is 11.3 Å². The highest BCUT2D eigenvalue weighted by atomic mass is 19.4. The number of carbonyl (C=O) groups is 1. The molecule has 2 heterocycles. The Hall–Kier alpha value is -2.49. The lowest BCUT2D eigenvalue weighted by Crippen LogP contribution is -2.53. The van der Waals surface area contributed by atoms with Crippen LogP contribution in [-0.2, 0) is 17.4 Å². The summed E-state index contributed by atoms with van der Waals surface area (Å²) in [5.74, 6) is -2.76. The molecule has 40 heavy (non-hydrogen) atoms. The zero-order chi connectivity index (χ0) is 28.7. The molecule has 3 atom stereocenters. The molecule has 3 fully saturated rings. The van der Waals surface area contributed by atoms with E-state index in [4.69, 9.17) is 4.74 Å². The van der Waals surface area contributed by atoms with E-state index in [1.807, 2.05) is 0 Å². The molecular formula is C30H35F6NO3. The van der Waals surface area contributed by atoms with Gasteiger partial charge in [-0.2, -0.15) is 26.3 Å². The van der Waals surface area contributed by atoms with Crippen LogP contribution in [0, 0.1) is 11.8 Å². The second-order valence-electron chi connectivity index (χ2n) is 11.7. The van der Waals surface area contributed by atoms with E-state index in [-0.39, 0.29) is 54.8 Å². The summed E-state index contributed by atoms with van der Waals surface area (Å²) in [4.78, 5) is 14.0. The summed E-state index contributed by atoms with van der Waals surface area (Å²) in [7, 11) is 0. The van der Waals surface area contributed by atoms with E-state index in [9.17, 15) is 36.2 Å². The highest BCUT2D eigenvalue weighted by molar-refractivity contribution is 5.89. The van der Waals surface area contributed by atoms with Crippen LogP contribution in [0.3, 0.4) is 0 Å². The Bertz CT molecular complexity index is 1190. The molecular weight excluding hydrogens is 536 g/mol. The summed E-state index contributed by atoms with van der Waals surface area (Å²) in [6.07, 6.45) is -3.83. The Morgan fingerprint density at radius 3 is 2.20 bits per heavy atom. The SMILES string of the molecule is O=C(O)C1CC2CCC[C@H](C1)N2CCCc1ccc2c(C(F)(F)F)c(OC3CCC(C(F)(F)F)CC3)ccc2c1. The van der Waals surface area contributed by atoms with E-state index >= 15 is 0 Å². The molecule has 4 nitrogen and oxygen atoms in total. The number of fused-ring (bicyclic) bond motifs is 3. The van der Waals surface area contributed by atoms with Crippen molar-refractivity contribution >= 4 is 16.7 Å². The second kappa shape index (κ2) is 11.4. The molecule has 3 aliphatic rings. The van der Waals surface area contributed by atoms with Crippen LogP contribution >= 0.6 is 0 Å². The average Bonchev–Trinajstić information content (AvgIpc) is 2.87. The van der Waals surface area contributed by atoms with Crippen molar-refractivity contribution in [2.75, 3.05) is 6.54 Å². The maximum atomic E-state index is 14.2. The molecule has 2 aliphatic heterocycles. The number of benzene rings is 2. The molecule has 10 heteroatoms. The van der Waals surface area contributed by atoms with Crippen molar-refractivity contribution in [2.45, 2.75) is 101 Å². The molecule has 5 rings (SSSR count). The molecule has 2 aromatic rings. The van der Waals surface area contributed by atoms with Crippen LogP contribution in [-0.4, -0.2) is 46.9 Å². The van der Waals surface area contributed by atoms with Gasteiger partial charge in [-0.15, -0.1) is 0 Å². The third kappa shape index (κ3) is 6.37. The number of nitrogens with zero attached hydrogens (tertiary/aromatic N) is 1. The number of piperidine rings is 2. The van der Waals surface area contributed by atoms with E-state index in [0.29, 0.717) is 24.6 Å².